The quantitative estimate of drug-likeness (QED) is 0.441. The van der Waals surface area contributed by atoms with Crippen LogP contribution in [-0.4, -0.2) is 27.4 Å². The van der Waals surface area contributed by atoms with E-state index in [1.54, 1.807) is 23.1 Å². The molecule has 7 heteroatoms. The number of thiophene rings is 1. The maximum absolute atomic E-state index is 8.76. The fourth-order valence-corrected chi connectivity index (χ4v) is 3.32. The molecule has 0 atom stereocenters. The molecule has 0 unspecified atom stereocenters. The van der Waals surface area contributed by atoms with Gasteiger partial charge in [-0.05, 0) is 19.4 Å². The first-order chi connectivity index (χ1) is 8.67. The molecule has 5 nitrogen and oxygen atoms in total. The van der Waals surface area contributed by atoms with Gasteiger partial charge in [-0.2, -0.15) is 11.8 Å². The molecule has 0 saturated heterocycles. The van der Waals surface area contributed by atoms with Gasteiger partial charge in [-0.1, -0.05) is 0 Å². The Morgan fingerprint density at radius 2 is 2.17 bits per heavy atom. The van der Waals surface area contributed by atoms with Crippen molar-refractivity contribution in [3.05, 3.63) is 16.3 Å². The van der Waals surface area contributed by atoms with Crippen molar-refractivity contribution in [2.75, 3.05) is 17.8 Å². The number of hydrazine groups is 1. The number of nitrogens with one attached hydrogen (secondary N) is 1. The maximum atomic E-state index is 8.76. The van der Waals surface area contributed by atoms with E-state index in [0.29, 0.717) is 17.3 Å². The average molecular weight is 284 g/mol. The number of hydrogen-bond acceptors (Lipinski definition) is 7. The largest absolute Gasteiger partial charge is 0.396 e. The lowest BCUT2D eigenvalue weighted by atomic mass is 10.2. The van der Waals surface area contributed by atoms with Gasteiger partial charge in [-0.3, -0.25) is 0 Å². The average Bonchev–Trinajstić information content (AvgIpc) is 2.65. The van der Waals surface area contributed by atoms with Gasteiger partial charge in [0.05, 0.1) is 17.7 Å². The fourth-order valence-electron chi connectivity index (χ4n) is 1.69. The minimum atomic E-state index is 0.173. The van der Waals surface area contributed by atoms with Crippen LogP contribution in [0.5, 0.6) is 0 Å². The molecule has 0 aliphatic carbocycles. The molecular weight excluding hydrogens is 268 g/mol. The number of thioether (sulfide) groups is 1. The molecule has 18 heavy (non-hydrogen) atoms. The number of aryl methyl sites for hydroxylation is 2. The van der Waals surface area contributed by atoms with E-state index < -0.39 is 0 Å². The molecule has 2 rings (SSSR count). The van der Waals surface area contributed by atoms with Crippen LogP contribution in [0.1, 0.15) is 16.3 Å². The molecule has 98 valence electrons. The predicted octanol–water partition coefficient (Wildman–Crippen LogP) is 1.82. The third-order valence-corrected chi connectivity index (χ3v) is 4.71. The number of nitrogen functional groups attached to an aromatic ring is 1. The van der Waals surface area contributed by atoms with E-state index in [9.17, 15) is 0 Å². The zero-order chi connectivity index (χ0) is 13.1. The van der Waals surface area contributed by atoms with Crippen molar-refractivity contribution < 1.29 is 5.11 Å². The van der Waals surface area contributed by atoms with Gasteiger partial charge in [0.25, 0.3) is 0 Å². The van der Waals surface area contributed by atoms with Crippen molar-refractivity contribution in [2.45, 2.75) is 19.6 Å². The van der Waals surface area contributed by atoms with Crippen molar-refractivity contribution >= 4 is 39.1 Å². The summed E-state index contributed by atoms with van der Waals surface area (Å²) >= 11 is 3.26. The summed E-state index contributed by atoms with van der Waals surface area (Å²) in [4.78, 5) is 11.2. The first kappa shape index (κ1) is 13.5. The Labute approximate surface area is 114 Å². The minimum Gasteiger partial charge on any atom is -0.396 e. The summed E-state index contributed by atoms with van der Waals surface area (Å²) < 4.78 is 0. The van der Waals surface area contributed by atoms with E-state index in [-0.39, 0.29) is 6.61 Å². The molecule has 0 aromatic carbocycles. The van der Waals surface area contributed by atoms with Crippen LogP contribution in [0.25, 0.3) is 10.2 Å². The second kappa shape index (κ2) is 5.83. The molecule has 0 amide bonds. The van der Waals surface area contributed by atoms with E-state index in [0.717, 1.165) is 16.0 Å². The molecule has 0 spiro atoms. The molecule has 0 saturated carbocycles. The Morgan fingerprint density at radius 3 is 2.83 bits per heavy atom. The molecule has 0 radical (unpaired) electrons. The number of anilines is 1. The second-order valence-electron chi connectivity index (χ2n) is 3.87. The Kier molecular flexibility index (Phi) is 4.39. The molecule has 2 aromatic rings. The number of aliphatic hydroxyl groups is 1. The van der Waals surface area contributed by atoms with Crippen LogP contribution in [0, 0.1) is 13.8 Å². The SMILES string of the molecule is Cc1sc2nc(CSCCO)nc(NN)c2c1C. The molecule has 2 aromatic heterocycles. The van der Waals surface area contributed by atoms with Crippen LogP contribution in [0.4, 0.5) is 5.82 Å². The van der Waals surface area contributed by atoms with Gasteiger partial charge >= 0.3 is 0 Å². The van der Waals surface area contributed by atoms with E-state index >= 15 is 0 Å². The third-order valence-electron chi connectivity index (χ3n) is 2.68. The van der Waals surface area contributed by atoms with Gasteiger partial charge in [0.15, 0.2) is 5.82 Å². The highest BCUT2D eigenvalue weighted by molar-refractivity contribution is 7.98. The van der Waals surface area contributed by atoms with Crippen LogP contribution >= 0.6 is 23.1 Å². The third kappa shape index (κ3) is 2.59. The number of aromatic nitrogens is 2. The van der Waals surface area contributed by atoms with Gasteiger partial charge in [0, 0.05) is 10.6 Å². The zero-order valence-corrected chi connectivity index (χ0v) is 12.0. The molecule has 0 aliphatic rings. The number of nitrogens with two attached hydrogens (primary N) is 1. The highest BCUT2D eigenvalue weighted by atomic mass is 32.2. The lowest BCUT2D eigenvalue weighted by Gasteiger charge is -2.05. The monoisotopic (exact) mass is 284 g/mol. The molecule has 0 bridgehead atoms. The summed E-state index contributed by atoms with van der Waals surface area (Å²) in [5, 5.41) is 9.77. The Balaban J connectivity index is 2.40. The summed E-state index contributed by atoms with van der Waals surface area (Å²) in [6.07, 6.45) is 0. The Morgan fingerprint density at radius 1 is 1.39 bits per heavy atom. The van der Waals surface area contributed by atoms with Gasteiger partial charge < -0.3 is 10.5 Å². The zero-order valence-electron chi connectivity index (χ0n) is 10.4. The van der Waals surface area contributed by atoms with E-state index in [4.69, 9.17) is 10.9 Å². The maximum Gasteiger partial charge on any atom is 0.152 e. The van der Waals surface area contributed by atoms with Crippen LogP contribution in [-0.2, 0) is 5.75 Å². The smallest absolute Gasteiger partial charge is 0.152 e. The van der Waals surface area contributed by atoms with E-state index in [1.165, 1.54) is 10.4 Å². The lowest BCUT2D eigenvalue weighted by molar-refractivity contribution is 0.322. The Bertz CT molecular complexity index is 555. The highest BCUT2D eigenvalue weighted by Crippen LogP contribution is 2.33. The molecule has 2 heterocycles. The van der Waals surface area contributed by atoms with Crippen LogP contribution < -0.4 is 11.3 Å². The molecule has 0 aliphatic heterocycles. The van der Waals surface area contributed by atoms with Crippen molar-refractivity contribution in [3.63, 3.8) is 0 Å². The summed E-state index contributed by atoms with van der Waals surface area (Å²) in [5.74, 6) is 8.33. The molecule has 0 fully saturated rings. The normalized spacial score (nSPS) is 11.1. The number of hydrogen-bond donors (Lipinski definition) is 3. The van der Waals surface area contributed by atoms with Crippen molar-refractivity contribution in [2.24, 2.45) is 5.84 Å². The first-order valence-corrected chi connectivity index (χ1v) is 7.56. The predicted molar refractivity (Wildman–Crippen MR) is 77.9 cm³/mol. The summed E-state index contributed by atoms with van der Waals surface area (Å²) in [6, 6.07) is 0. The summed E-state index contributed by atoms with van der Waals surface area (Å²) in [5.41, 5.74) is 3.83. The van der Waals surface area contributed by atoms with Crippen LogP contribution in [0.3, 0.4) is 0 Å². The van der Waals surface area contributed by atoms with Gasteiger partial charge in [0.1, 0.15) is 10.7 Å². The molecular formula is C11H16N4OS2. The van der Waals surface area contributed by atoms with Crippen molar-refractivity contribution in [3.8, 4) is 0 Å². The summed E-state index contributed by atoms with van der Waals surface area (Å²) in [7, 11) is 0. The van der Waals surface area contributed by atoms with Crippen LogP contribution in [0.2, 0.25) is 0 Å². The van der Waals surface area contributed by atoms with Gasteiger partial charge in [-0.25, -0.2) is 15.8 Å². The highest BCUT2D eigenvalue weighted by Gasteiger charge is 2.13. The van der Waals surface area contributed by atoms with E-state index in [1.807, 2.05) is 0 Å². The number of aliphatic hydroxyl groups excluding tert-OH is 1. The lowest BCUT2D eigenvalue weighted by Crippen LogP contribution is -2.11. The van der Waals surface area contributed by atoms with E-state index in [2.05, 4.69) is 29.2 Å². The molecule has 4 N–H and O–H groups in total. The van der Waals surface area contributed by atoms with Gasteiger partial charge in [-0.15, -0.1) is 11.3 Å². The standard InChI is InChI=1S/C11H16N4OS2/c1-6-7(2)18-11-9(6)10(15-12)13-8(14-11)5-17-4-3-16/h16H,3-5,12H2,1-2H3,(H,13,14,15). The summed E-state index contributed by atoms with van der Waals surface area (Å²) in [6.45, 7) is 4.30. The first-order valence-electron chi connectivity index (χ1n) is 5.59. The van der Waals surface area contributed by atoms with Gasteiger partial charge in [0.2, 0.25) is 0 Å². The number of fused-ring (bicyclic) bond motifs is 1. The minimum absolute atomic E-state index is 0.173. The van der Waals surface area contributed by atoms with Crippen molar-refractivity contribution in [1.29, 1.82) is 0 Å². The number of nitrogens with zero attached hydrogens (tertiary/aromatic N) is 2. The van der Waals surface area contributed by atoms with Crippen molar-refractivity contribution in [1.82, 2.24) is 9.97 Å². The topological polar surface area (TPSA) is 84.1 Å². The van der Waals surface area contributed by atoms with Crippen LogP contribution in [0.15, 0.2) is 0 Å². The Hall–Kier alpha value is -0.890. The fraction of sp³-hybridized carbons (Fsp3) is 0.455. The number of rotatable bonds is 5. The second-order valence-corrected chi connectivity index (χ2v) is 6.18.